The summed E-state index contributed by atoms with van der Waals surface area (Å²) in [4.78, 5) is 4.38. The molecule has 1 atom stereocenters. The van der Waals surface area contributed by atoms with Crippen LogP contribution in [0.15, 0.2) is 41.4 Å². The lowest BCUT2D eigenvalue weighted by molar-refractivity contribution is 0.564. The minimum absolute atomic E-state index is 0.332. The van der Waals surface area contributed by atoms with Crippen molar-refractivity contribution < 1.29 is 8.76 Å². The molecule has 0 fully saturated rings. The standard InChI is InChI=1S/C9H7NO2S/c11-13(12)8-5-7-3-1-2-4-9(7)10-6-8/h1-6H,(H,11,12). The molecule has 4 heteroatoms. The second-order valence-corrected chi connectivity index (χ2v) is 3.58. The molecule has 0 bridgehead atoms. The molecule has 0 amide bonds. The number of nitrogens with zero attached hydrogens (tertiary/aromatic N) is 1. The van der Waals surface area contributed by atoms with Crippen molar-refractivity contribution in [1.82, 2.24) is 4.98 Å². The number of fused-ring (bicyclic) bond motifs is 1. The third-order valence-electron chi connectivity index (χ3n) is 1.77. The molecule has 2 aromatic rings. The first-order valence-electron chi connectivity index (χ1n) is 3.73. The summed E-state index contributed by atoms with van der Waals surface area (Å²) in [6.07, 6.45) is 1.42. The average Bonchev–Trinajstić information content (AvgIpc) is 2.17. The summed E-state index contributed by atoms with van der Waals surface area (Å²) >= 11 is -1.95. The fraction of sp³-hybridized carbons (Fsp3) is 0. The first-order chi connectivity index (χ1) is 6.27. The molecular weight excluding hydrogens is 186 g/mol. The Hall–Kier alpha value is -1.26. The number of pyridine rings is 1. The highest BCUT2D eigenvalue weighted by molar-refractivity contribution is 7.79. The highest BCUT2D eigenvalue weighted by Crippen LogP contribution is 2.13. The summed E-state index contributed by atoms with van der Waals surface area (Å²) in [5.74, 6) is 0. The predicted octanol–water partition coefficient (Wildman–Crippen LogP) is 1.82. The van der Waals surface area contributed by atoms with Crippen molar-refractivity contribution in [3.05, 3.63) is 36.5 Å². The quantitative estimate of drug-likeness (QED) is 0.703. The van der Waals surface area contributed by atoms with E-state index in [9.17, 15) is 4.21 Å². The van der Waals surface area contributed by atoms with Crippen LogP contribution in [0.4, 0.5) is 0 Å². The zero-order valence-electron chi connectivity index (χ0n) is 6.68. The largest absolute Gasteiger partial charge is 0.302 e. The molecule has 2 rings (SSSR count). The zero-order chi connectivity index (χ0) is 9.26. The number of benzene rings is 1. The molecule has 0 aliphatic heterocycles. The smallest absolute Gasteiger partial charge is 0.188 e. The Bertz CT molecular complexity index is 470. The summed E-state index contributed by atoms with van der Waals surface area (Å²) in [6.45, 7) is 0. The van der Waals surface area contributed by atoms with E-state index in [0.29, 0.717) is 4.90 Å². The molecule has 13 heavy (non-hydrogen) atoms. The molecule has 0 radical (unpaired) electrons. The number of hydrogen-bond acceptors (Lipinski definition) is 2. The second kappa shape index (κ2) is 3.24. The fourth-order valence-corrected chi connectivity index (χ4v) is 1.52. The molecule has 66 valence electrons. The molecule has 1 aromatic heterocycles. The van der Waals surface area contributed by atoms with Gasteiger partial charge in [0.2, 0.25) is 0 Å². The Morgan fingerprint density at radius 1 is 1.31 bits per heavy atom. The molecule has 1 unspecified atom stereocenters. The van der Waals surface area contributed by atoms with Gasteiger partial charge in [0, 0.05) is 11.6 Å². The van der Waals surface area contributed by atoms with Gasteiger partial charge in [-0.05, 0) is 12.1 Å². The molecule has 0 aliphatic rings. The van der Waals surface area contributed by atoms with Crippen molar-refractivity contribution in [3.8, 4) is 0 Å². The van der Waals surface area contributed by atoms with Crippen LogP contribution in [0.3, 0.4) is 0 Å². The summed E-state index contributed by atoms with van der Waals surface area (Å²) < 4.78 is 19.5. The van der Waals surface area contributed by atoms with Gasteiger partial charge in [0.1, 0.15) is 0 Å². The topological polar surface area (TPSA) is 50.2 Å². The van der Waals surface area contributed by atoms with E-state index in [2.05, 4.69) is 4.98 Å². The van der Waals surface area contributed by atoms with E-state index in [4.69, 9.17) is 4.55 Å². The maximum atomic E-state index is 10.7. The van der Waals surface area contributed by atoms with E-state index in [-0.39, 0.29) is 0 Å². The van der Waals surface area contributed by atoms with Crippen molar-refractivity contribution in [2.75, 3.05) is 0 Å². The van der Waals surface area contributed by atoms with Gasteiger partial charge in [0.05, 0.1) is 10.4 Å². The highest BCUT2D eigenvalue weighted by atomic mass is 32.2. The molecule has 0 aliphatic carbocycles. The maximum absolute atomic E-state index is 10.7. The molecular formula is C9H7NO2S. The summed E-state index contributed by atoms with van der Waals surface area (Å²) in [6, 6.07) is 9.13. The van der Waals surface area contributed by atoms with Gasteiger partial charge in [0.15, 0.2) is 11.1 Å². The van der Waals surface area contributed by atoms with E-state index >= 15 is 0 Å². The molecule has 1 aromatic carbocycles. The van der Waals surface area contributed by atoms with Crippen LogP contribution in [-0.2, 0) is 11.1 Å². The van der Waals surface area contributed by atoms with Gasteiger partial charge in [-0.1, -0.05) is 18.2 Å². The van der Waals surface area contributed by atoms with Crippen molar-refractivity contribution in [1.29, 1.82) is 0 Å². The number of para-hydroxylation sites is 1. The maximum Gasteiger partial charge on any atom is 0.188 e. The summed E-state index contributed by atoms with van der Waals surface area (Å²) in [5.41, 5.74) is 0.830. The third kappa shape index (κ3) is 1.59. The zero-order valence-corrected chi connectivity index (χ0v) is 7.49. The van der Waals surface area contributed by atoms with Gasteiger partial charge in [-0.3, -0.25) is 4.98 Å². The monoisotopic (exact) mass is 193 g/mol. The fourth-order valence-electron chi connectivity index (χ4n) is 1.15. The summed E-state index contributed by atoms with van der Waals surface area (Å²) in [7, 11) is 0. The number of aromatic nitrogens is 1. The van der Waals surface area contributed by atoms with Crippen molar-refractivity contribution >= 4 is 22.0 Å². The van der Waals surface area contributed by atoms with E-state index in [1.165, 1.54) is 6.20 Å². The highest BCUT2D eigenvalue weighted by Gasteiger charge is 2.01. The van der Waals surface area contributed by atoms with Crippen molar-refractivity contribution in [3.63, 3.8) is 0 Å². The van der Waals surface area contributed by atoms with E-state index in [0.717, 1.165) is 10.9 Å². The van der Waals surface area contributed by atoms with Gasteiger partial charge < -0.3 is 4.55 Å². The first-order valence-corrected chi connectivity index (χ1v) is 4.84. The Labute approximate surface area is 77.7 Å². The van der Waals surface area contributed by atoms with Crippen LogP contribution in [0, 0.1) is 0 Å². The van der Waals surface area contributed by atoms with Gasteiger partial charge in [0.25, 0.3) is 0 Å². The molecule has 0 saturated carbocycles. The minimum atomic E-state index is -1.95. The Balaban J connectivity index is 2.69. The Kier molecular flexibility index (Phi) is 2.08. The van der Waals surface area contributed by atoms with Crippen LogP contribution < -0.4 is 0 Å². The van der Waals surface area contributed by atoms with Crippen LogP contribution >= 0.6 is 0 Å². The van der Waals surface area contributed by atoms with E-state index in [1.807, 2.05) is 24.3 Å². The van der Waals surface area contributed by atoms with Gasteiger partial charge in [-0.2, -0.15) is 0 Å². The Morgan fingerprint density at radius 3 is 2.85 bits per heavy atom. The lowest BCUT2D eigenvalue weighted by Crippen LogP contribution is -1.89. The number of hydrogen-bond donors (Lipinski definition) is 1. The SMILES string of the molecule is O=S(O)c1cnc2ccccc2c1. The average molecular weight is 193 g/mol. The number of rotatable bonds is 1. The Morgan fingerprint density at radius 2 is 2.08 bits per heavy atom. The van der Waals surface area contributed by atoms with Gasteiger partial charge in [-0.25, -0.2) is 4.21 Å². The van der Waals surface area contributed by atoms with Crippen LogP contribution in [-0.4, -0.2) is 13.7 Å². The van der Waals surface area contributed by atoms with Crippen LogP contribution in [0.1, 0.15) is 0 Å². The van der Waals surface area contributed by atoms with E-state index < -0.39 is 11.1 Å². The molecule has 3 nitrogen and oxygen atoms in total. The third-order valence-corrected chi connectivity index (χ3v) is 2.39. The van der Waals surface area contributed by atoms with Crippen LogP contribution in [0.2, 0.25) is 0 Å². The van der Waals surface area contributed by atoms with Crippen molar-refractivity contribution in [2.45, 2.75) is 4.90 Å². The first kappa shape index (κ1) is 8.34. The predicted molar refractivity (Wildman–Crippen MR) is 50.8 cm³/mol. The lowest BCUT2D eigenvalue weighted by Gasteiger charge is -1.97. The molecule has 0 spiro atoms. The van der Waals surface area contributed by atoms with Gasteiger partial charge in [-0.15, -0.1) is 0 Å². The van der Waals surface area contributed by atoms with Crippen LogP contribution in [0.5, 0.6) is 0 Å². The molecule has 1 N–H and O–H groups in total. The van der Waals surface area contributed by atoms with Gasteiger partial charge >= 0.3 is 0 Å². The summed E-state index contributed by atoms with van der Waals surface area (Å²) in [5, 5.41) is 0.877. The minimum Gasteiger partial charge on any atom is -0.302 e. The van der Waals surface area contributed by atoms with E-state index in [1.54, 1.807) is 6.07 Å². The van der Waals surface area contributed by atoms with Crippen molar-refractivity contribution in [2.24, 2.45) is 0 Å². The second-order valence-electron chi connectivity index (χ2n) is 2.61. The van der Waals surface area contributed by atoms with Crippen LogP contribution in [0.25, 0.3) is 10.9 Å². The molecule has 1 heterocycles. The lowest BCUT2D eigenvalue weighted by atomic mass is 10.2. The molecule has 0 saturated heterocycles. The normalized spacial score (nSPS) is 13.0.